The Balaban J connectivity index is 1.81. The zero-order valence-electron chi connectivity index (χ0n) is 19.2. The normalized spacial score (nSPS) is 12.6. The second kappa shape index (κ2) is 10.8. The minimum absolute atomic E-state index is 0.106. The van der Waals surface area contributed by atoms with Gasteiger partial charge in [0.2, 0.25) is 0 Å². The van der Waals surface area contributed by atoms with Gasteiger partial charge in [-0.05, 0) is 62.5 Å². The Hall–Kier alpha value is -2.67. The monoisotopic (exact) mass is 452 g/mol. The summed E-state index contributed by atoms with van der Waals surface area (Å²) in [5.74, 6) is 0.425. The van der Waals surface area contributed by atoms with Gasteiger partial charge < -0.3 is 15.2 Å². The fourth-order valence-electron chi connectivity index (χ4n) is 3.40. The van der Waals surface area contributed by atoms with Crippen LogP contribution in [0, 0.1) is 0 Å². The van der Waals surface area contributed by atoms with E-state index in [1.807, 2.05) is 30.3 Å². The number of rotatable bonds is 10. The van der Waals surface area contributed by atoms with Crippen LogP contribution in [0.1, 0.15) is 37.3 Å². The van der Waals surface area contributed by atoms with Crippen LogP contribution in [-0.2, 0) is 11.3 Å². The van der Waals surface area contributed by atoms with Crippen LogP contribution in [0.3, 0.4) is 0 Å². The van der Waals surface area contributed by atoms with E-state index in [1.54, 1.807) is 25.2 Å². The molecule has 5 nitrogen and oxygen atoms in total. The maximum atomic E-state index is 12.3. The molecule has 1 heterocycles. The Labute approximate surface area is 194 Å². The molecule has 3 rings (SSSR count). The van der Waals surface area contributed by atoms with Gasteiger partial charge in [-0.1, -0.05) is 42.5 Å². The minimum atomic E-state index is -0.684. The number of benzene rings is 2. The molecule has 0 radical (unpaired) electrons. The van der Waals surface area contributed by atoms with Crippen molar-refractivity contribution in [1.29, 1.82) is 0 Å². The van der Waals surface area contributed by atoms with Gasteiger partial charge >= 0.3 is 0 Å². The van der Waals surface area contributed by atoms with Crippen molar-refractivity contribution in [2.45, 2.75) is 38.9 Å². The molecule has 1 aromatic heterocycles. The summed E-state index contributed by atoms with van der Waals surface area (Å²) in [6.45, 7) is 6.17. The standard InChI is InChI=1S/C26H32N2O3S/c1-19(24-11-8-14-32-24)28(4)16-22-15-21(20-9-6-5-7-10-20)12-13-23(22)31-17-25(30)27-26(2,3)18-29/h5-15,19,29H,16-18H2,1-4H3,(H,27,30)/t19-/m1/s1. The summed E-state index contributed by atoms with van der Waals surface area (Å²) < 4.78 is 5.93. The summed E-state index contributed by atoms with van der Waals surface area (Å²) in [4.78, 5) is 15.9. The molecule has 2 N–H and O–H groups in total. The zero-order valence-corrected chi connectivity index (χ0v) is 20.0. The van der Waals surface area contributed by atoms with Gasteiger partial charge in [-0.25, -0.2) is 0 Å². The molecule has 0 saturated heterocycles. The lowest BCUT2D eigenvalue weighted by Crippen LogP contribution is -2.48. The van der Waals surface area contributed by atoms with E-state index in [-0.39, 0.29) is 25.2 Å². The van der Waals surface area contributed by atoms with Gasteiger partial charge in [0.25, 0.3) is 5.91 Å². The fraction of sp³-hybridized carbons (Fsp3) is 0.346. The summed E-state index contributed by atoms with van der Waals surface area (Å²) in [6, 6.07) is 20.8. The van der Waals surface area contributed by atoms with Gasteiger partial charge in [-0.3, -0.25) is 9.69 Å². The van der Waals surface area contributed by atoms with Crippen LogP contribution in [0.5, 0.6) is 5.75 Å². The van der Waals surface area contributed by atoms with Crippen LogP contribution in [0.4, 0.5) is 0 Å². The number of aliphatic hydroxyl groups excluding tert-OH is 1. The number of nitrogens with zero attached hydrogens (tertiary/aromatic N) is 1. The predicted molar refractivity (Wildman–Crippen MR) is 131 cm³/mol. The molecule has 0 aliphatic rings. The maximum absolute atomic E-state index is 12.3. The van der Waals surface area contributed by atoms with Crippen LogP contribution in [-0.4, -0.2) is 41.7 Å². The van der Waals surface area contributed by atoms with E-state index in [0.29, 0.717) is 12.3 Å². The number of thiophene rings is 1. The highest BCUT2D eigenvalue weighted by Crippen LogP contribution is 2.31. The quantitative estimate of drug-likeness (QED) is 0.461. The van der Waals surface area contributed by atoms with Crippen molar-refractivity contribution in [2.24, 2.45) is 0 Å². The lowest BCUT2D eigenvalue weighted by molar-refractivity contribution is -0.125. The molecular formula is C26H32N2O3S. The second-order valence-corrected chi connectivity index (χ2v) is 9.65. The van der Waals surface area contributed by atoms with Crippen molar-refractivity contribution in [3.8, 4) is 16.9 Å². The molecule has 0 spiro atoms. The lowest BCUT2D eigenvalue weighted by atomic mass is 10.0. The average molecular weight is 453 g/mol. The molecule has 1 atom stereocenters. The smallest absolute Gasteiger partial charge is 0.258 e. The van der Waals surface area contributed by atoms with Gasteiger partial charge in [-0.15, -0.1) is 11.3 Å². The molecule has 0 saturated carbocycles. The SMILES string of the molecule is C[C@H](c1cccs1)N(C)Cc1cc(-c2ccccc2)ccc1OCC(=O)NC(C)(C)CO. The summed E-state index contributed by atoms with van der Waals surface area (Å²) in [5.41, 5.74) is 2.58. The lowest BCUT2D eigenvalue weighted by Gasteiger charge is -2.26. The molecule has 2 aromatic carbocycles. The van der Waals surface area contributed by atoms with Crippen molar-refractivity contribution < 1.29 is 14.6 Å². The third kappa shape index (κ3) is 6.42. The van der Waals surface area contributed by atoms with Crippen LogP contribution >= 0.6 is 11.3 Å². The van der Waals surface area contributed by atoms with Crippen LogP contribution in [0.15, 0.2) is 66.0 Å². The summed E-state index contributed by atoms with van der Waals surface area (Å²) >= 11 is 1.75. The molecule has 0 fully saturated rings. The Morgan fingerprint density at radius 1 is 1.12 bits per heavy atom. The molecule has 6 heteroatoms. The van der Waals surface area contributed by atoms with E-state index in [2.05, 4.69) is 59.9 Å². The summed E-state index contributed by atoms with van der Waals surface area (Å²) in [6.07, 6.45) is 0. The third-order valence-electron chi connectivity index (χ3n) is 5.44. The van der Waals surface area contributed by atoms with E-state index in [1.165, 1.54) is 4.88 Å². The first-order valence-corrected chi connectivity index (χ1v) is 11.6. The predicted octanol–water partition coefficient (Wildman–Crippen LogP) is 4.87. The Bertz CT molecular complexity index is 1000. The van der Waals surface area contributed by atoms with E-state index >= 15 is 0 Å². The first-order chi connectivity index (χ1) is 15.3. The topological polar surface area (TPSA) is 61.8 Å². The molecule has 1 amide bonds. The number of hydrogen-bond acceptors (Lipinski definition) is 5. The molecule has 0 aliphatic carbocycles. The second-order valence-electron chi connectivity index (χ2n) is 8.67. The Morgan fingerprint density at radius 3 is 2.53 bits per heavy atom. The third-order valence-corrected chi connectivity index (χ3v) is 6.48. The van der Waals surface area contributed by atoms with Crippen molar-refractivity contribution in [3.05, 3.63) is 76.5 Å². The first-order valence-electron chi connectivity index (χ1n) is 10.8. The Kier molecular flexibility index (Phi) is 8.07. The number of amides is 1. The molecule has 0 unspecified atom stereocenters. The van der Waals surface area contributed by atoms with E-state index in [9.17, 15) is 9.90 Å². The van der Waals surface area contributed by atoms with Crippen LogP contribution < -0.4 is 10.1 Å². The summed E-state index contributed by atoms with van der Waals surface area (Å²) in [7, 11) is 2.10. The van der Waals surface area contributed by atoms with E-state index in [4.69, 9.17) is 4.74 Å². The number of ether oxygens (including phenoxy) is 1. The maximum Gasteiger partial charge on any atom is 0.258 e. The highest BCUT2D eigenvalue weighted by Gasteiger charge is 2.20. The Morgan fingerprint density at radius 2 is 1.88 bits per heavy atom. The zero-order chi connectivity index (χ0) is 23.1. The van der Waals surface area contributed by atoms with E-state index < -0.39 is 5.54 Å². The van der Waals surface area contributed by atoms with Gasteiger partial charge in [0, 0.05) is 23.0 Å². The van der Waals surface area contributed by atoms with Crippen molar-refractivity contribution >= 4 is 17.2 Å². The summed E-state index contributed by atoms with van der Waals surface area (Å²) in [5, 5.41) is 14.3. The highest BCUT2D eigenvalue weighted by molar-refractivity contribution is 7.10. The largest absolute Gasteiger partial charge is 0.483 e. The first kappa shape index (κ1) is 24.0. The molecule has 170 valence electrons. The van der Waals surface area contributed by atoms with Crippen molar-refractivity contribution in [2.75, 3.05) is 20.3 Å². The molecule has 0 aliphatic heterocycles. The number of carbonyl (C=O) groups excluding carboxylic acids is 1. The van der Waals surface area contributed by atoms with Crippen LogP contribution in [0.2, 0.25) is 0 Å². The average Bonchev–Trinajstić information content (AvgIpc) is 3.33. The number of nitrogens with one attached hydrogen (secondary N) is 1. The van der Waals surface area contributed by atoms with Crippen molar-refractivity contribution in [1.82, 2.24) is 10.2 Å². The van der Waals surface area contributed by atoms with Crippen molar-refractivity contribution in [3.63, 3.8) is 0 Å². The van der Waals surface area contributed by atoms with Gasteiger partial charge in [-0.2, -0.15) is 0 Å². The molecule has 3 aromatic rings. The van der Waals surface area contributed by atoms with Gasteiger partial charge in [0.1, 0.15) is 5.75 Å². The number of aliphatic hydroxyl groups is 1. The fourth-order valence-corrected chi connectivity index (χ4v) is 4.25. The molecule has 0 bridgehead atoms. The number of carbonyl (C=O) groups is 1. The van der Waals surface area contributed by atoms with Gasteiger partial charge in [0.05, 0.1) is 12.1 Å². The molecule has 32 heavy (non-hydrogen) atoms. The van der Waals surface area contributed by atoms with E-state index in [0.717, 1.165) is 16.7 Å². The highest BCUT2D eigenvalue weighted by atomic mass is 32.1. The minimum Gasteiger partial charge on any atom is -0.483 e. The van der Waals surface area contributed by atoms with Crippen LogP contribution in [0.25, 0.3) is 11.1 Å². The number of hydrogen-bond donors (Lipinski definition) is 2. The van der Waals surface area contributed by atoms with Gasteiger partial charge in [0.15, 0.2) is 6.61 Å². The molecular weight excluding hydrogens is 420 g/mol.